The Hall–Kier alpha value is -5.06. The van der Waals surface area contributed by atoms with Gasteiger partial charge in [-0.15, -0.1) is 0 Å². The smallest absolute Gasteiger partial charge is 0.333 e. The van der Waals surface area contributed by atoms with Crippen LogP contribution in [0.25, 0.3) is 22.6 Å². The normalized spacial score (nSPS) is 14.7. The number of imidazole rings is 1. The Kier molecular flexibility index (Phi) is 6.18. The number of H-pyrrole nitrogens is 1. The molecular weight excluding hydrogens is 520 g/mol. The molecule has 1 amide bonds. The van der Waals surface area contributed by atoms with Crippen molar-refractivity contribution in [2.24, 2.45) is 0 Å². The third-order valence-corrected chi connectivity index (χ3v) is 7.46. The van der Waals surface area contributed by atoms with Gasteiger partial charge in [-0.25, -0.2) is 14.8 Å². The number of hydrogen-bond acceptors (Lipinski definition) is 7. The van der Waals surface area contributed by atoms with E-state index >= 15 is 0 Å². The zero-order valence-corrected chi connectivity index (χ0v) is 22.2. The molecule has 41 heavy (non-hydrogen) atoms. The van der Waals surface area contributed by atoms with E-state index in [9.17, 15) is 14.4 Å². The molecule has 2 aliphatic rings. The number of nitrogens with zero attached hydrogens (tertiary/aromatic N) is 5. The van der Waals surface area contributed by atoms with Crippen LogP contribution in [0.15, 0.2) is 76.7 Å². The molecule has 4 heterocycles. The fourth-order valence-electron chi connectivity index (χ4n) is 5.02. The van der Waals surface area contributed by atoms with Crippen molar-refractivity contribution in [3.63, 3.8) is 0 Å². The summed E-state index contributed by atoms with van der Waals surface area (Å²) in [5, 5.41) is 6.24. The molecule has 11 heteroatoms. The second-order valence-corrected chi connectivity index (χ2v) is 10.6. The van der Waals surface area contributed by atoms with Gasteiger partial charge in [-0.3, -0.25) is 23.7 Å². The predicted molar refractivity (Wildman–Crippen MR) is 154 cm³/mol. The monoisotopic (exact) mass is 548 g/mol. The minimum atomic E-state index is -0.298. The lowest BCUT2D eigenvalue weighted by Gasteiger charge is -2.09. The maximum atomic E-state index is 13.1. The van der Waals surface area contributed by atoms with Crippen molar-refractivity contribution in [3.05, 3.63) is 105 Å². The highest BCUT2D eigenvalue weighted by Gasteiger charge is 2.34. The molecule has 11 nitrogen and oxygen atoms in total. The first-order valence-electron chi connectivity index (χ1n) is 13.8. The van der Waals surface area contributed by atoms with Gasteiger partial charge in [0.05, 0.1) is 5.56 Å². The number of carbonyl (C=O) groups excluding carboxylic acids is 1. The lowest BCUT2D eigenvalue weighted by Crippen LogP contribution is -2.39. The van der Waals surface area contributed by atoms with Crippen molar-refractivity contribution >= 4 is 22.9 Å². The molecule has 2 aliphatic carbocycles. The van der Waals surface area contributed by atoms with Crippen molar-refractivity contribution in [1.82, 2.24) is 34.4 Å². The second-order valence-electron chi connectivity index (χ2n) is 10.6. The molecule has 7 rings (SSSR count). The van der Waals surface area contributed by atoms with Gasteiger partial charge in [0.15, 0.2) is 5.65 Å². The van der Waals surface area contributed by atoms with E-state index in [0.29, 0.717) is 41.5 Å². The molecule has 0 atom stereocenters. The third kappa shape index (κ3) is 5.02. The topological polar surface area (TPSA) is 140 Å². The number of hydrogen-bond donors (Lipinski definition) is 3. The van der Waals surface area contributed by atoms with Gasteiger partial charge in [0.1, 0.15) is 17.2 Å². The molecule has 4 aromatic heterocycles. The summed E-state index contributed by atoms with van der Waals surface area (Å²) in [7, 11) is 0. The first kappa shape index (κ1) is 24.9. The van der Waals surface area contributed by atoms with Crippen LogP contribution in [0.4, 0.5) is 5.82 Å². The van der Waals surface area contributed by atoms with E-state index in [1.54, 1.807) is 35.3 Å². The standard InChI is InChI=1S/C30H28N8O3/c39-28(21-5-2-12-31-16-21)34-15-19-4-1-3-18(13-19)14-32-24-11-6-20(17-33-24)26-35-25-27(36-26)37(22-7-8-22)30(41)38(29(25)40)23-9-10-23/h1-6,11-13,16-17,22-23H,7-10,14-15H2,(H,32,33)(H,34,39)(H,35,36). The van der Waals surface area contributed by atoms with Crippen LogP contribution in [0.1, 0.15) is 59.3 Å². The van der Waals surface area contributed by atoms with Crippen molar-refractivity contribution in [2.75, 3.05) is 5.32 Å². The molecule has 0 aliphatic heterocycles. The summed E-state index contributed by atoms with van der Waals surface area (Å²) in [5.41, 5.74) is 3.54. The Morgan fingerprint density at radius 2 is 1.71 bits per heavy atom. The van der Waals surface area contributed by atoms with Crippen LogP contribution in [-0.4, -0.2) is 35.0 Å². The van der Waals surface area contributed by atoms with Crippen LogP contribution in [0, 0.1) is 0 Å². The van der Waals surface area contributed by atoms with Gasteiger partial charge in [0, 0.05) is 49.3 Å². The maximum Gasteiger partial charge on any atom is 0.333 e. The molecule has 0 spiro atoms. The van der Waals surface area contributed by atoms with E-state index in [0.717, 1.165) is 42.4 Å². The summed E-state index contributed by atoms with van der Waals surface area (Å²) in [6, 6.07) is 15.3. The summed E-state index contributed by atoms with van der Waals surface area (Å²) in [4.78, 5) is 54.9. The average molecular weight is 549 g/mol. The number of aromatic nitrogens is 6. The number of pyridine rings is 2. The Morgan fingerprint density at radius 3 is 2.41 bits per heavy atom. The average Bonchev–Trinajstić information content (AvgIpc) is 3.95. The SMILES string of the molecule is O=C(NCc1cccc(CNc2ccc(-c3nc4c([nH]3)c(=O)n(C3CC3)c(=O)n4C3CC3)cn2)c1)c1cccnc1. The number of anilines is 1. The van der Waals surface area contributed by atoms with E-state index in [2.05, 4.69) is 30.6 Å². The van der Waals surface area contributed by atoms with Gasteiger partial charge in [0.25, 0.3) is 11.5 Å². The van der Waals surface area contributed by atoms with E-state index in [1.807, 2.05) is 36.4 Å². The van der Waals surface area contributed by atoms with Crippen LogP contribution in [0.5, 0.6) is 0 Å². The molecule has 0 saturated heterocycles. The Bertz CT molecular complexity index is 1870. The number of amides is 1. The predicted octanol–water partition coefficient (Wildman–Crippen LogP) is 3.56. The maximum absolute atomic E-state index is 13.1. The minimum Gasteiger partial charge on any atom is -0.366 e. The highest BCUT2D eigenvalue weighted by molar-refractivity contribution is 5.93. The van der Waals surface area contributed by atoms with Crippen molar-refractivity contribution < 1.29 is 4.79 Å². The number of benzene rings is 1. The van der Waals surface area contributed by atoms with Crippen LogP contribution >= 0.6 is 0 Å². The molecule has 206 valence electrons. The molecule has 5 aromatic rings. The Labute approximate surface area is 234 Å². The quantitative estimate of drug-likeness (QED) is 0.256. The first-order chi connectivity index (χ1) is 20.0. The fraction of sp³-hybridized carbons (Fsp3) is 0.267. The van der Waals surface area contributed by atoms with Gasteiger partial charge in [0.2, 0.25) is 0 Å². The molecule has 1 aromatic carbocycles. The molecule has 0 bridgehead atoms. The third-order valence-electron chi connectivity index (χ3n) is 7.46. The molecule has 2 fully saturated rings. The van der Waals surface area contributed by atoms with E-state index in [-0.39, 0.29) is 29.2 Å². The number of nitrogens with one attached hydrogen (secondary N) is 3. The summed E-state index contributed by atoms with van der Waals surface area (Å²) >= 11 is 0. The Balaban J connectivity index is 1.04. The highest BCUT2D eigenvalue weighted by atomic mass is 16.2. The largest absolute Gasteiger partial charge is 0.366 e. The van der Waals surface area contributed by atoms with Gasteiger partial charge < -0.3 is 15.6 Å². The Morgan fingerprint density at radius 1 is 0.927 bits per heavy atom. The first-order valence-corrected chi connectivity index (χ1v) is 13.8. The van der Waals surface area contributed by atoms with Crippen LogP contribution in [0.2, 0.25) is 0 Å². The number of aromatic amines is 1. The van der Waals surface area contributed by atoms with Crippen LogP contribution in [-0.2, 0) is 13.1 Å². The lowest BCUT2D eigenvalue weighted by atomic mass is 10.1. The summed E-state index contributed by atoms with van der Waals surface area (Å²) in [5.74, 6) is 1.03. The van der Waals surface area contributed by atoms with Crippen LogP contribution < -0.4 is 21.9 Å². The van der Waals surface area contributed by atoms with Crippen molar-refractivity contribution in [1.29, 1.82) is 0 Å². The van der Waals surface area contributed by atoms with Gasteiger partial charge in [-0.1, -0.05) is 24.3 Å². The molecule has 2 saturated carbocycles. The van der Waals surface area contributed by atoms with E-state index in [1.165, 1.54) is 4.57 Å². The second kappa shape index (κ2) is 10.2. The number of rotatable bonds is 9. The summed E-state index contributed by atoms with van der Waals surface area (Å²) < 4.78 is 3.09. The minimum absolute atomic E-state index is 0.00513. The molecule has 0 radical (unpaired) electrons. The van der Waals surface area contributed by atoms with Crippen molar-refractivity contribution in [2.45, 2.75) is 50.9 Å². The number of fused-ring (bicyclic) bond motifs is 1. The van der Waals surface area contributed by atoms with Gasteiger partial charge >= 0.3 is 5.69 Å². The summed E-state index contributed by atoms with van der Waals surface area (Å²) in [6.07, 6.45) is 8.43. The molecule has 0 unspecified atom stereocenters. The van der Waals surface area contributed by atoms with Crippen LogP contribution in [0.3, 0.4) is 0 Å². The van der Waals surface area contributed by atoms with E-state index < -0.39 is 0 Å². The zero-order valence-electron chi connectivity index (χ0n) is 22.2. The summed E-state index contributed by atoms with van der Waals surface area (Å²) in [6.45, 7) is 0.960. The lowest BCUT2D eigenvalue weighted by molar-refractivity contribution is 0.0950. The fourth-order valence-corrected chi connectivity index (χ4v) is 5.02. The number of carbonyl (C=O) groups is 1. The molecule has 3 N–H and O–H groups in total. The highest BCUT2D eigenvalue weighted by Crippen LogP contribution is 2.37. The van der Waals surface area contributed by atoms with Gasteiger partial charge in [-0.05, 0) is 61.1 Å². The molecular formula is C30H28N8O3. The van der Waals surface area contributed by atoms with Gasteiger partial charge in [-0.2, -0.15) is 0 Å². The van der Waals surface area contributed by atoms with E-state index in [4.69, 9.17) is 0 Å². The zero-order chi connectivity index (χ0) is 27.9. The van der Waals surface area contributed by atoms with Crippen molar-refractivity contribution in [3.8, 4) is 11.4 Å².